The van der Waals surface area contributed by atoms with Gasteiger partial charge in [-0.05, 0) is 95.0 Å². The van der Waals surface area contributed by atoms with Gasteiger partial charge in [-0.25, -0.2) is 0 Å². The minimum Gasteiger partial charge on any atom is -0.464 e. The molecule has 1 spiro atoms. The maximum atomic E-state index is 6.69. The van der Waals surface area contributed by atoms with Crippen LogP contribution in [0.3, 0.4) is 0 Å². The molecule has 0 N–H and O–H groups in total. The van der Waals surface area contributed by atoms with Crippen LogP contribution in [0.25, 0.3) is 0 Å². The Balaban J connectivity index is 1.42. The third-order valence-corrected chi connectivity index (χ3v) is 8.52. The Morgan fingerprint density at radius 3 is 2.76 bits per heavy atom. The normalized spacial score (nSPS) is 40.7. The second-order valence-electron chi connectivity index (χ2n) is 10.2. The lowest BCUT2D eigenvalue weighted by atomic mass is 9.68. The highest BCUT2D eigenvalue weighted by Crippen LogP contribution is 2.67. The Labute approximate surface area is 175 Å². The largest absolute Gasteiger partial charge is 0.464 e. The Hall–Kier alpha value is -1.32. The van der Waals surface area contributed by atoms with Gasteiger partial charge in [-0.2, -0.15) is 0 Å². The maximum Gasteiger partial charge on any atom is 0.125 e. The zero-order chi connectivity index (χ0) is 19.3. The van der Waals surface area contributed by atoms with Crippen molar-refractivity contribution < 1.29 is 4.42 Å². The van der Waals surface area contributed by atoms with Crippen molar-refractivity contribution in [1.82, 2.24) is 9.80 Å². The fourth-order valence-corrected chi connectivity index (χ4v) is 7.32. The molecule has 6 bridgehead atoms. The minimum atomic E-state index is 0.378. The first-order chi connectivity index (χ1) is 14.4. The van der Waals surface area contributed by atoms with E-state index in [0.29, 0.717) is 23.4 Å². The standard InChI is InChI=1S/C26H36N2O/c1-2-5-9-14-27-16-13-23-22-17-21(12-8-3-1)29-24(22)25-26(23,19-27)18-20-11-7-4-6-10-15-28(20)25/h1,3,7,11,17,20,23,25H,2,4-6,8-10,12-16,18-19H2/b3-1-,11-7?. The van der Waals surface area contributed by atoms with Crippen LogP contribution in [0.5, 0.6) is 0 Å². The van der Waals surface area contributed by atoms with Gasteiger partial charge in [0, 0.05) is 24.4 Å². The number of allylic oxidation sites excluding steroid dienone is 3. The first-order valence-electron chi connectivity index (χ1n) is 12.3. The number of rotatable bonds is 0. The minimum absolute atomic E-state index is 0.378. The second kappa shape index (κ2) is 7.42. The molecular formula is C26H36N2O. The van der Waals surface area contributed by atoms with Crippen molar-refractivity contribution in [2.75, 3.05) is 26.2 Å². The lowest BCUT2D eigenvalue weighted by Crippen LogP contribution is -2.47. The molecule has 0 aromatic carbocycles. The number of piperidine rings is 1. The Bertz CT molecular complexity index is 808. The molecule has 0 amide bonds. The Kier molecular flexibility index (Phi) is 4.72. The number of aryl methyl sites for hydroxylation is 1. The predicted octanol–water partition coefficient (Wildman–Crippen LogP) is 5.60. The topological polar surface area (TPSA) is 19.6 Å². The van der Waals surface area contributed by atoms with E-state index in [2.05, 4.69) is 40.2 Å². The molecule has 3 nitrogen and oxygen atoms in total. The highest BCUT2D eigenvalue weighted by Gasteiger charge is 2.64. The molecular weight excluding hydrogens is 356 g/mol. The molecule has 1 aromatic heterocycles. The van der Waals surface area contributed by atoms with Crippen LogP contribution in [-0.2, 0) is 6.42 Å². The average Bonchev–Trinajstić information content (AvgIpc) is 3.29. The molecule has 0 saturated carbocycles. The van der Waals surface area contributed by atoms with Gasteiger partial charge in [-0.15, -0.1) is 0 Å². The van der Waals surface area contributed by atoms with E-state index >= 15 is 0 Å². The smallest absolute Gasteiger partial charge is 0.125 e. The Morgan fingerprint density at radius 2 is 1.79 bits per heavy atom. The van der Waals surface area contributed by atoms with Crippen LogP contribution < -0.4 is 0 Å². The number of nitrogens with zero attached hydrogens (tertiary/aromatic N) is 2. The summed E-state index contributed by atoms with van der Waals surface area (Å²) in [7, 11) is 0. The highest BCUT2D eigenvalue weighted by atomic mass is 16.3. The molecule has 1 aliphatic carbocycles. The van der Waals surface area contributed by atoms with Crippen LogP contribution in [0.2, 0.25) is 0 Å². The summed E-state index contributed by atoms with van der Waals surface area (Å²) in [4.78, 5) is 5.66. The molecule has 3 heteroatoms. The van der Waals surface area contributed by atoms with E-state index in [9.17, 15) is 0 Å². The van der Waals surface area contributed by atoms with E-state index in [1.54, 1.807) is 5.56 Å². The molecule has 0 radical (unpaired) electrons. The zero-order valence-corrected chi connectivity index (χ0v) is 17.8. The van der Waals surface area contributed by atoms with Crippen LogP contribution in [0, 0.1) is 5.41 Å². The maximum absolute atomic E-state index is 6.69. The van der Waals surface area contributed by atoms with Gasteiger partial charge in [0.25, 0.3) is 0 Å². The number of hydrogen-bond donors (Lipinski definition) is 0. The Morgan fingerprint density at radius 1 is 0.931 bits per heavy atom. The highest BCUT2D eigenvalue weighted by molar-refractivity contribution is 5.42. The van der Waals surface area contributed by atoms with Crippen molar-refractivity contribution in [2.45, 2.75) is 82.2 Å². The van der Waals surface area contributed by atoms with E-state index < -0.39 is 0 Å². The first kappa shape index (κ1) is 18.4. The van der Waals surface area contributed by atoms with Gasteiger partial charge in [-0.1, -0.05) is 24.3 Å². The SMILES string of the molecule is C1=CC2CC34CN5CCCC/C=C\CCc6cc(c(o6)C3N2CCCC1)C4CC5. The third kappa shape index (κ3) is 2.99. The third-order valence-electron chi connectivity index (χ3n) is 8.52. The van der Waals surface area contributed by atoms with E-state index in [4.69, 9.17) is 4.42 Å². The lowest BCUT2D eigenvalue weighted by Gasteiger charge is -2.45. The molecule has 2 fully saturated rings. The summed E-state index contributed by atoms with van der Waals surface area (Å²) in [5.74, 6) is 3.30. The monoisotopic (exact) mass is 392 g/mol. The molecule has 1 aromatic rings. The van der Waals surface area contributed by atoms with Gasteiger partial charge >= 0.3 is 0 Å². The van der Waals surface area contributed by atoms with Crippen LogP contribution in [0.15, 0.2) is 34.8 Å². The average molecular weight is 393 g/mol. The summed E-state index contributed by atoms with van der Waals surface area (Å²) in [6, 6.07) is 3.59. The van der Waals surface area contributed by atoms with E-state index in [1.165, 1.54) is 89.1 Å². The van der Waals surface area contributed by atoms with Crippen molar-refractivity contribution in [2.24, 2.45) is 5.41 Å². The van der Waals surface area contributed by atoms with E-state index in [-0.39, 0.29) is 0 Å². The summed E-state index contributed by atoms with van der Waals surface area (Å²) < 4.78 is 6.69. The van der Waals surface area contributed by atoms with E-state index in [1.807, 2.05) is 0 Å². The van der Waals surface area contributed by atoms with Crippen molar-refractivity contribution in [1.29, 1.82) is 0 Å². The van der Waals surface area contributed by atoms with Crippen LogP contribution >= 0.6 is 0 Å². The van der Waals surface area contributed by atoms with Crippen LogP contribution in [-0.4, -0.2) is 42.0 Å². The molecule has 2 saturated heterocycles. The molecule has 5 atom stereocenters. The summed E-state index contributed by atoms with van der Waals surface area (Å²) >= 11 is 0. The van der Waals surface area contributed by atoms with Crippen LogP contribution in [0.1, 0.15) is 86.8 Å². The summed E-state index contributed by atoms with van der Waals surface area (Å²) in [6.45, 7) is 5.07. The molecule has 5 aliphatic heterocycles. The van der Waals surface area contributed by atoms with Crippen LogP contribution in [0.4, 0.5) is 0 Å². The summed E-state index contributed by atoms with van der Waals surface area (Å²) in [5.41, 5.74) is 1.97. The molecule has 7 rings (SSSR count). The number of hydrogen-bond acceptors (Lipinski definition) is 3. The van der Waals surface area contributed by atoms with Gasteiger partial charge in [0.2, 0.25) is 0 Å². The molecule has 5 unspecified atom stereocenters. The van der Waals surface area contributed by atoms with Gasteiger partial charge in [0.1, 0.15) is 11.5 Å². The van der Waals surface area contributed by atoms with E-state index in [0.717, 1.165) is 12.8 Å². The van der Waals surface area contributed by atoms with Crippen molar-refractivity contribution in [3.05, 3.63) is 47.5 Å². The van der Waals surface area contributed by atoms with Gasteiger partial charge in [0.15, 0.2) is 0 Å². The van der Waals surface area contributed by atoms with Gasteiger partial charge < -0.3 is 9.32 Å². The fourth-order valence-electron chi connectivity index (χ4n) is 7.32. The van der Waals surface area contributed by atoms with Crippen molar-refractivity contribution in [3.63, 3.8) is 0 Å². The molecule has 6 heterocycles. The molecule has 156 valence electrons. The van der Waals surface area contributed by atoms with Crippen molar-refractivity contribution in [3.8, 4) is 0 Å². The van der Waals surface area contributed by atoms with Gasteiger partial charge in [0.05, 0.1) is 6.04 Å². The second-order valence-corrected chi connectivity index (χ2v) is 10.2. The quantitative estimate of drug-likeness (QED) is 0.536. The number of fused-ring (bicyclic) bond motifs is 8. The number of furan rings is 1. The van der Waals surface area contributed by atoms with Gasteiger partial charge in [-0.3, -0.25) is 4.90 Å². The lowest BCUT2D eigenvalue weighted by molar-refractivity contribution is 0.0364. The summed E-state index contributed by atoms with van der Waals surface area (Å²) in [5, 5.41) is 0. The summed E-state index contributed by atoms with van der Waals surface area (Å²) in [6.07, 6.45) is 22.5. The first-order valence-corrected chi connectivity index (χ1v) is 12.3. The fraction of sp³-hybridized carbons (Fsp3) is 0.692. The molecule has 6 aliphatic rings. The van der Waals surface area contributed by atoms with Crippen molar-refractivity contribution >= 4 is 0 Å². The predicted molar refractivity (Wildman–Crippen MR) is 117 cm³/mol. The zero-order valence-electron chi connectivity index (χ0n) is 17.8. The molecule has 29 heavy (non-hydrogen) atoms.